The van der Waals surface area contributed by atoms with E-state index in [2.05, 4.69) is 22.4 Å². The van der Waals surface area contributed by atoms with Gasteiger partial charge in [0.1, 0.15) is 11.6 Å². The Morgan fingerprint density at radius 2 is 2.14 bits per heavy atom. The molecule has 0 aliphatic heterocycles. The van der Waals surface area contributed by atoms with Gasteiger partial charge >= 0.3 is 0 Å². The number of aryl methyl sites for hydroxylation is 1. The third kappa shape index (κ3) is 4.00. The number of rotatable bonds is 7. The van der Waals surface area contributed by atoms with E-state index in [1.807, 2.05) is 35.8 Å². The number of methoxy groups -OCH3 is 1. The molecule has 118 valence electrons. The van der Waals surface area contributed by atoms with Gasteiger partial charge in [-0.05, 0) is 25.5 Å². The minimum absolute atomic E-state index is 0.0989. The van der Waals surface area contributed by atoms with Gasteiger partial charge in [0.05, 0.1) is 18.6 Å². The minimum Gasteiger partial charge on any atom is -0.495 e. The van der Waals surface area contributed by atoms with Crippen LogP contribution in [0.5, 0.6) is 5.75 Å². The molecule has 2 aromatic rings. The molecule has 7 heteroatoms. The Kier molecular flexibility index (Phi) is 5.83. The maximum atomic E-state index is 12.1. The summed E-state index contributed by atoms with van der Waals surface area (Å²) >= 11 is 1.39. The number of hydrogen-bond acceptors (Lipinski definition) is 5. The van der Waals surface area contributed by atoms with Crippen molar-refractivity contribution in [2.24, 2.45) is 0 Å². The van der Waals surface area contributed by atoms with Crippen LogP contribution in [-0.4, -0.2) is 33.5 Å². The molecule has 1 aromatic carbocycles. The van der Waals surface area contributed by atoms with Crippen molar-refractivity contribution in [2.75, 3.05) is 18.2 Å². The van der Waals surface area contributed by atoms with Crippen LogP contribution in [-0.2, 0) is 11.3 Å². The number of benzene rings is 1. The van der Waals surface area contributed by atoms with Crippen molar-refractivity contribution in [3.05, 3.63) is 30.1 Å². The second-order valence-corrected chi connectivity index (χ2v) is 5.66. The van der Waals surface area contributed by atoms with E-state index in [0.717, 1.165) is 23.9 Å². The number of hydrogen-bond donors (Lipinski definition) is 1. The SMILES string of the molecule is CCCn1c(C)nnc1SCC(=O)Nc1ccccc1OC. The predicted molar refractivity (Wildman–Crippen MR) is 87.4 cm³/mol. The third-order valence-corrected chi connectivity index (χ3v) is 4.03. The van der Waals surface area contributed by atoms with Crippen molar-refractivity contribution in [2.45, 2.75) is 32.0 Å². The standard InChI is InChI=1S/C15H20N4O2S/c1-4-9-19-11(2)17-18-15(19)22-10-14(20)16-12-7-5-6-8-13(12)21-3/h5-8H,4,9-10H2,1-3H3,(H,16,20). The fourth-order valence-corrected chi connectivity index (χ4v) is 2.82. The van der Waals surface area contributed by atoms with Crippen LogP contribution < -0.4 is 10.1 Å². The summed E-state index contributed by atoms with van der Waals surface area (Å²) in [7, 11) is 1.58. The van der Waals surface area contributed by atoms with E-state index in [1.165, 1.54) is 11.8 Å². The predicted octanol–water partition coefficient (Wildman–Crippen LogP) is 2.74. The van der Waals surface area contributed by atoms with Crippen molar-refractivity contribution in [1.29, 1.82) is 0 Å². The molecule has 0 saturated carbocycles. The molecule has 1 heterocycles. The Hall–Kier alpha value is -2.02. The average Bonchev–Trinajstić information content (AvgIpc) is 2.87. The molecule has 0 fully saturated rings. The number of nitrogens with one attached hydrogen (secondary N) is 1. The monoisotopic (exact) mass is 320 g/mol. The first-order chi connectivity index (χ1) is 10.7. The zero-order valence-corrected chi connectivity index (χ0v) is 13.8. The van der Waals surface area contributed by atoms with Crippen LogP contribution in [0.2, 0.25) is 0 Å². The lowest BCUT2D eigenvalue weighted by Crippen LogP contribution is -2.15. The van der Waals surface area contributed by atoms with Crippen molar-refractivity contribution in [3.8, 4) is 5.75 Å². The van der Waals surface area contributed by atoms with Gasteiger partial charge in [-0.25, -0.2) is 0 Å². The van der Waals surface area contributed by atoms with Gasteiger partial charge < -0.3 is 14.6 Å². The average molecular weight is 320 g/mol. The number of carbonyl (C=O) groups excluding carboxylic acids is 1. The van der Waals surface area contributed by atoms with Gasteiger partial charge in [0.25, 0.3) is 0 Å². The number of thioether (sulfide) groups is 1. The summed E-state index contributed by atoms with van der Waals surface area (Å²) in [6, 6.07) is 7.33. The molecule has 0 spiro atoms. The van der Waals surface area contributed by atoms with E-state index >= 15 is 0 Å². The van der Waals surface area contributed by atoms with E-state index in [1.54, 1.807) is 7.11 Å². The number of aromatic nitrogens is 3. The Bertz CT molecular complexity index is 642. The van der Waals surface area contributed by atoms with Crippen LogP contribution >= 0.6 is 11.8 Å². The molecule has 1 aromatic heterocycles. The van der Waals surface area contributed by atoms with Crippen molar-refractivity contribution >= 4 is 23.4 Å². The maximum Gasteiger partial charge on any atom is 0.234 e. The molecule has 0 atom stereocenters. The summed E-state index contributed by atoms with van der Waals surface area (Å²) in [6.45, 7) is 4.87. The largest absolute Gasteiger partial charge is 0.495 e. The van der Waals surface area contributed by atoms with E-state index in [4.69, 9.17) is 4.74 Å². The normalized spacial score (nSPS) is 10.5. The molecule has 0 aliphatic rings. The molecule has 1 N–H and O–H groups in total. The second kappa shape index (κ2) is 7.84. The molecule has 0 saturated heterocycles. The van der Waals surface area contributed by atoms with Crippen LogP contribution in [0.25, 0.3) is 0 Å². The lowest BCUT2D eigenvalue weighted by Gasteiger charge is -2.10. The van der Waals surface area contributed by atoms with Crippen molar-refractivity contribution in [1.82, 2.24) is 14.8 Å². The van der Waals surface area contributed by atoms with Crippen LogP contribution in [0.15, 0.2) is 29.4 Å². The van der Waals surface area contributed by atoms with Gasteiger partial charge in [-0.1, -0.05) is 30.8 Å². The van der Waals surface area contributed by atoms with E-state index in [-0.39, 0.29) is 11.7 Å². The highest BCUT2D eigenvalue weighted by atomic mass is 32.2. The van der Waals surface area contributed by atoms with Crippen LogP contribution in [0, 0.1) is 6.92 Å². The molecule has 6 nitrogen and oxygen atoms in total. The highest BCUT2D eigenvalue weighted by Crippen LogP contribution is 2.24. The molecule has 0 aliphatic carbocycles. The smallest absolute Gasteiger partial charge is 0.234 e. The Balaban J connectivity index is 1.96. The minimum atomic E-state index is -0.0989. The Labute approximate surface area is 134 Å². The summed E-state index contributed by atoms with van der Waals surface area (Å²) in [4.78, 5) is 12.1. The van der Waals surface area contributed by atoms with Gasteiger partial charge in [0, 0.05) is 6.54 Å². The number of para-hydroxylation sites is 2. The zero-order valence-electron chi connectivity index (χ0n) is 13.0. The van der Waals surface area contributed by atoms with Gasteiger partial charge in [-0.3, -0.25) is 4.79 Å². The van der Waals surface area contributed by atoms with Crippen molar-refractivity contribution in [3.63, 3.8) is 0 Å². The van der Waals surface area contributed by atoms with Crippen LogP contribution in [0.3, 0.4) is 0 Å². The summed E-state index contributed by atoms with van der Waals surface area (Å²) < 4.78 is 7.24. The fraction of sp³-hybridized carbons (Fsp3) is 0.400. The maximum absolute atomic E-state index is 12.1. The number of amides is 1. The summed E-state index contributed by atoms with van der Waals surface area (Å²) in [5.41, 5.74) is 0.668. The quantitative estimate of drug-likeness (QED) is 0.794. The third-order valence-electron chi connectivity index (χ3n) is 3.06. The zero-order chi connectivity index (χ0) is 15.9. The summed E-state index contributed by atoms with van der Waals surface area (Å²) in [6.07, 6.45) is 1.000. The molecular formula is C15H20N4O2S. The van der Waals surface area contributed by atoms with Gasteiger partial charge in [0.2, 0.25) is 5.91 Å². The molecule has 0 unspecified atom stereocenters. The van der Waals surface area contributed by atoms with Crippen LogP contribution in [0.4, 0.5) is 5.69 Å². The Morgan fingerprint density at radius 1 is 1.36 bits per heavy atom. The molecular weight excluding hydrogens is 300 g/mol. The molecule has 0 bridgehead atoms. The molecule has 0 radical (unpaired) electrons. The van der Waals surface area contributed by atoms with E-state index < -0.39 is 0 Å². The number of anilines is 1. The highest BCUT2D eigenvalue weighted by Gasteiger charge is 2.12. The first-order valence-corrected chi connectivity index (χ1v) is 8.09. The second-order valence-electron chi connectivity index (χ2n) is 4.72. The van der Waals surface area contributed by atoms with Gasteiger partial charge in [-0.15, -0.1) is 10.2 Å². The number of ether oxygens (including phenoxy) is 1. The summed E-state index contributed by atoms with van der Waals surface area (Å²) in [5.74, 6) is 1.69. The summed E-state index contributed by atoms with van der Waals surface area (Å²) in [5, 5.41) is 11.8. The Morgan fingerprint density at radius 3 is 2.86 bits per heavy atom. The number of nitrogens with zero attached hydrogens (tertiary/aromatic N) is 3. The highest BCUT2D eigenvalue weighted by molar-refractivity contribution is 7.99. The first kappa shape index (κ1) is 16.4. The molecule has 22 heavy (non-hydrogen) atoms. The van der Waals surface area contributed by atoms with Gasteiger partial charge in [-0.2, -0.15) is 0 Å². The fourth-order valence-electron chi connectivity index (χ4n) is 2.01. The van der Waals surface area contributed by atoms with Crippen molar-refractivity contribution < 1.29 is 9.53 Å². The lowest BCUT2D eigenvalue weighted by molar-refractivity contribution is -0.113. The van der Waals surface area contributed by atoms with Crippen LogP contribution in [0.1, 0.15) is 19.2 Å². The topological polar surface area (TPSA) is 69.0 Å². The van der Waals surface area contributed by atoms with E-state index in [9.17, 15) is 4.79 Å². The first-order valence-electron chi connectivity index (χ1n) is 7.11. The lowest BCUT2D eigenvalue weighted by atomic mass is 10.3. The number of carbonyl (C=O) groups is 1. The molecule has 1 amide bonds. The van der Waals surface area contributed by atoms with E-state index in [0.29, 0.717) is 11.4 Å². The molecule has 2 rings (SSSR count). The van der Waals surface area contributed by atoms with Gasteiger partial charge in [0.15, 0.2) is 5.16 Å².